The number of rotatable bonds is 7. The molecule has 4 rings (SSSR count). The number of hydrogen-bond acceptors (Lipinski definition) is 6. The number of aryl methyl sites for hydroxylation is 2. The molecule has 2 heterocycles. The van der Waals surface area contributed by atoms with Crippen molar-refractivity contribution in [3.05, 3.63) is 82.2 Å². The first-order chi connectivity index (χ1) is 14.1. The molecule has 6 nitrogen and oxygen atoms in total. The van der Waals surface area contributed by atoms with E-state index in [9.17, 15) is 4.79 Å². The highest BCUT2D eigenvalue weighted by atomic mass is 32.2. The van der Waals surface area contributed by atoms with Crippen LogP contribution in [0.1, 0.15) is 35.9 Å². The number of fused-ring (bicyclic) bond motifs is 1. The SMILES string of the molecule is Cc1noc(C(C)Sc2nc3ccccc3c(=O)n2CCCc2ccccc2)n1. The molecule has 0 fully saturated rings. The zero-order valence-corrected chi connectivity index (χ0v) is 17.2. The molecule has 0 aliphatic heterocycles. The predicted octanol–water partition coefficient (Wildman–Crippen LogP) is 4.57. The molecule has 0 bridgehead atoms. The summed E-state index contributed by atoms with van der Waals surface area (Å²) in [5, 5.41) is 5.07. The molecule has 7 heteroatoms. The van der Waals surface area contributed by atoms with E-state index in [4.69, 9.17) is 9.51 Å². The van der Waals surface area contributed by atoms with Crippen molar-refractivity contribution in [2.75, 3.05) is 0 Å². The van der Waals surface area contributed by atoms with E-state index < -0.39 is 0 Å². The third kappa shape index (κ3) is 4.40. The van der Waals surface area contributed by atoms with E-state index in [1.165, 1.54) is 17.3 Å². The van der Waals surface area contributed by atoms with E-state index >= 15 is 0 Å². The van der Waals surface area contributed by atoms with Gasteiger partial charge in [0.1, 0.15) is 0 Å². The minimum Gasteiger partial charge on any atom is -0.338 e. The fourth-order valence-electron chi connectivity index (χ4n) is 3.21. The van der Waals surface area contributed by atoms with E-state index in [-0.39, 0.29) is 10.8 Å². The molecule has 2 aromatic heterocycles. The highest BCUT2D eigenvalue weighted by Crippen LogP contribution is 2.33. The first kappa shape index (κ1) is 19.4. The van der Waals surface area contributed by atoms with Crippen molar-refractivity contribution < 1.29 is 4.52 Å². The van der Waals surface area contributed by atoms with Gasteiger partial charge in [0, 0.05) is 6.54 Å². The van der Waals surface area contributed by atoms with Crippen LogP contribution in [0.5, 0.6) is 0 Å². The maximum atomic E-state index is 13.2. The van der Waals surface area contributed by atoms with Gasteiger partial charge in [-0.2, -0.15) is 4.98 Å². The molecule has 0 aliphatic carbocycles. The van der Waals surface area contributed by atoms with E-state index in [0.717, 1.165) is 12.8 Å². The van der Waals surface area contributed by atoms with Gasteiger partial charge in [0.25, 0.3) is 5.56 Å². The molecule has 0 saturated carbocycles. The summed E-state index contributed by atoms with van der Waals surface area (Å²) in [4.78, 5) is 22.3. The van der Waals surface area contributed by atoms with Gasteiger partial charge < -0.3 is 4.52 Å². The first-order valence-electron chi connectivity index (χ1n) is 9.62. The Hall–Kier alpha value is -2.93. The molecule has 0 amide bonds. The van der Waals surface area contributed by atoms with Crippen molar-refractivity contribution in [1.29, 1.82) is 0 Å². The molecule has 0 saturated heterocycles. The highest BCUT2D eigenvalue weighted by molar-refractivity contribution is 7.99. The number of benzene rings is 2. The van der Waals surface area contributed by atoms with Gasteiger partial charge in [0.15, 0.2) is 11.0 Å². The Morgan fingerprint density at radius 1 is 1.07 bits per heavy atom. The van der Waals surface area contributed by atoms with Crippen LogP contribution in [0, 0.1) is 6.92 Å². The minimum absolute atomic E-state index is 0.0138. The van der Waals surface area contributed by atoms with Crippen LogP contribution < -0.4 is 5.56 Å². The fourth-order valence-corrected chi connectivity index (χ4v) is 4.17. The quantitative estimate of drug-likeness (QED) is 0.330. The second kappa shape index (κ2) is 8.61. The smallest absolute Gasteiger partial charge is 0.262 e. The van der Waals surface area contributed by atoms with Crippen molar-refractivity contribution in [2.45, 2.75) is 43.6 Å². The maximum absolute atomic E-state index is 13.2. The van der Waals surface area contributed by atoms with Crippen LogP contribution in [-0.4, -0.2) is 19.7 Å². The van der Waals surface area contributed by atoms with Crippen LogP contribution in [-0.2, 0) is 13.0 Å². The zero-order chi connectivity index (χ0) is 20.2. The molecule has 0 spiro atoms. The molecule has 1 atom stereocenters. The summed E-state index contributed by atoms with van der Waals surface area (Å²) in [5.41, 5.74) is 1.95. The van der Waals surface area contributed by atoms with Crippen molar-refractivity contribution >= 4 is 22.7 Å². The Morgan fingerprint density at radius 3 is 2.59 bits per heavy atom. The molecule has 4 aromatic rings. The predicted molar refractivity (Wildman–Crippen MR) is 114 cm³/mol. The van der Waals surface area contributed by atoms with E-state index in [1.54, 1.807) is 11.5 Å². The van der Waals surface area contributed by atoms with Crippen molar-refractivity contribution in [3.63, 3.8) is 0 Å². The van der Waals surface area contributed by atoms with Gasteiger partial charge in [-0.3, -0.25) is 9.36 Å². The van der Waals surface area contributed by atoms with Crippen LogP contribution in [0.3, 0.4) is 0 Å². The summed E-state index contributed by atoms with van der Waals surface area (Å²) in [6.07, 6.45) is 1.76. The number of thioether (sulfide) groups is 1. The fraction of sp³-hybridized carbons (Fsp3) is 0.273. The average Bonchev–Trinajstić information content (AvgIpc) is 3.17. The van der Waals surface area contributed by atoms with Gasteiger partial charge in [-0.05, 0) is 44.4 Å². The molecule has 148 valence electrons. The summed E-state index contributed by atoms with van der Waals surface area (Å²) in [5.74, 6) is 1.13. The van der Waals surface area contributed by atoms with Crippen LogP contribution in [0.4, 0.5) is 0 Å². The van der Waals surface area contributed by atoms with Crippen molar-refractivity contribution in [2.24, 2.45) is 0 Å². The molecular weight excluding hydrogens is 384 g/mol. The molecular formula is C22H22N4O2S. The molecule has 2 aromatic carbocycles. The average molecular weight is 407 g/mol. The van der Waals surface area contributed by atoms with E-state index in [0.29, 0.717) is 34.3 Å². The largest absolute Gasteiger partial charge is 0.338 e. The van der Waals surface area contributed by atoms with Crippen LogP contribution >= 0.6 is 11.8 Å². The lowest BCUT2D eigenvalue weighted by Gasteiger charge is -2.15. The standard InChI is InChI=1S/C22H22N4O2S/c1-15(20-23-16(2)25-28-20)29-22-24-19-13-7-6-12-18(19)21(27)26(22)14-8-11-17-9-4-3-5-10-17/h3-7,9-10,12-13,15H,8,11,14H2,1-2H3. The van der Waals surface area contributed by atoms with Crippen LogP contribution in [0.2, 0.25) is 0 Å². The van der Waals surface area contributed by atoms with Crippen molar-refractivity contribution in [1.82, 2.24) is 19.7 Å². The lowest BCUT2D eigenvalue weighted by Crippen LogP contribution is -2.24. The molecule has 29 heavy (non-hydrogen) atoms. The Morgan fingerprint density at radius 2 is 1.83 bits per heavy atom. The van der Waals surface area contributed by atoms with Crippen LogP contribution in [0.15, 0.2) is 69.1 Å². The number of nitrogens with zero attached hydrogens (tertiary/aromatic N) is 4. The number of hydrogen-bond donors (Lipinski definition) is 0. The van der Waals surface area contributed by atoms with E-state index in [1.807, 2.05) is 49.4 Å². The third-order valence-electron chi connectivity index (χ3n) is 4.69. The lowest BCUT2D eigenvalue weighted by molar-refractivity contribution is 0.376. The molecule has 0 aliphatic rings. The Kier molecular flexibility index (Phi) is 5.76. The summed E-state index contributed by atoms with van der Waals surface area (Å²) >= 11 is 1.47. The summed E-state index contributed by atoms with van der Waals surface area (Å²) in [7, 11) is 0. The van der Waals surface area contributed by atoms with Gasteiger partial charge in [-0.25, -0.2) is 4.98 Å². The molecule has 0 N–H and O–H groups in total. The Balaban J connectivity index is 1.63. The molecule has 0 radical (unpaired) electrons. The van der Waals surface area contributed by atoms with Crippen LogP contribution in [0.25, 0.3) is 10.9 Å². The maximum Gasteiger partial charge on any atom is 0.262 e. The highest BCUT2D eigenvalue weighted by Gasteiger charge is 2.19. The third-order valence-corrected chi connectivity index (χ3v) is 5.77. The lowest BCUT2D eigenvalue weighted by atomic mass is 10.1. The van der Waals surface area contributed by atoms with Gasteiger partial charge in [-0.1, -0.05) is 59.4 Å². The van der Waals surface area contributed by atoms with Gasteiger partial charge in [0.2, 0.25) is 5.89 Å². The monoisotopic (exact) mass is 406 g/mol. The second-order valence-electron chi connectivity index (χ2n) is 6.90. The summed E-state index contributed by atoms with van der Waals surface area (Å²) in [6.45, 7) is 4.37. The van der Waals surface area contributed by atoms with E-state index in [2.05, 4.69) is 22.3 Å². The normalized spacial score (nSPS) is 12.3. The Bertz CT molecular complexity index is 1170. The second-order valence-corrected chi connectivity index (χ2v) is 8.21. The zero-order valence-electron chi connectivity index (χ0n) is 16.4. The van der Waals surface area contributed by atoms with Gasteiger partial charge >= 0.3 is 0 Å². The number of para-hydroxylation sites is 1. The first-order valence-corrected chi connectivity index (χ1v) is 10.5. The number of aromatic nitrogens is 4. The van der Waals surface area contributed by atoms with Gasteiger partial charge in [-0.15, -0.1) is 0 Å². The van der Waals surface area contributed by atoms with Gasteiger partial charge in [0.05, 0.1) is 16.2 Å². The topological polar surface area (TPSA) is 73.8 Å². The summed E-state index contributed by atoms with van der Waals surface area (Å²) < 4.78 is 7.07. The van der Waals surface area contributed by atoms with Crippen molar-refractivity contribution in [3.8, 4) is 0 Å². The minimum atomic E-state index is -0.107. The Labute approximate surface area is 173 Å². The summed E-state index contributed by atoms with van der Waals surface area (Å²) in [6, 6.07) is 17.8. The molecule has 1 unspecified atom stereocenters.